The van der Waals surface area contributed by atoms with Crippen molar-refractivity contribution < 1.29 is 4.74 Å². The van der Waals surface area contributed by atoms with Gasteiger partial charge >= 0.3 is 0 Å². The predicted molar refractivity (Wildman–Crippen MR) is 68.5 cm³/mol. The van der Waals surface area contributed by atoms with E-state index in [0.717, 1.165) is 32.0 Å². The molecule has 0 spiro atoms. The Kier molecular flexibility index (Phi) is 7.01. The van der Waals surface area contributed by atoms with Crippen LogP contribution in [0.5, 0.6) is 0 Å². The molecule has 3 nitrogen and oxygen atoms in total. The van der Waals surface area contributed by atoms with E-state index in [1.807, 2.05) is 0 Å². The maximum atomic E-state index is 6.28. The highest BCUT2D eigenvalue weighted by molar-refractivity contribution is 4.78. The van der Waals surface area contributed by atoms with Gasteiger partial charge in [0.25, 0.3) is 0 Å². The Bertz CT molecular complexity index is 169. The molecule has 0 saturated heterocycles. The molecule has 96 valence electrons. The summed E-state index contributed by atoms with van der Waals surface area (Å²) >= 11 is 0. The Balaban J connectivity index is 2.13. The lowest BCUT2D eigenvalue weighted by molar-refractivity contribution is 0.171. The van der Waals surface area contributed by atoms with Gasteiger partial charge < -0.3 is 15.4 Å². The lowest BCUT2D eigenvalue weighted by Gasteiger charge is -2.30. The molecule has 0 amide bonds. The van der Waals surface area contributed by atoms with Crippen LogP contribution in [-0.4, -0.2) is 44.8 Å². The standard InChI is InChI=1S/C13H28N2O/c1-15(9-6-10-16-2)11-13(14)12-7-4-3-5-8-12/h12-13H,3-11,14H2,1-2H3. The Hall–Kier alpha value is -0.120. The van der Waals surface area contributed by atoms with Crippen LogP contribution < -0.4 is 5.73 Å². The summed E-state index contributed by atoms with van der Waals surface area (Å²) in [5.41, 5.74) is 6.28. The molecule has 1 rings (SSSR count). The summed E-state index contributed by atoms with van der Waals surface area (Å²) in [7, 11) is 3.92. The van der Waals surface area contributed by atoms with Crippen molar-refractivity contribution in [2.24, 2.45) is 11.7 Å². The zero-order chi connectivity index (χ0) is 11.8. The fourth-order valence-corrected chi connectivity index (χ4v) is 2.64. The first-order chi connectivity index (χ1) is 7.74. The van der Waals surface area contributed by atoms with Crippen molar-refractivity contribution >= 4 is 0 Å². The van der Waals surface area contributed by atoms with Gasteiger partial charge in [0.15, 0.2) is 0 Å². The minimum Gasteiger partial charge on any atom is -0.385 e. The third-order valence-electron chi connectivity index (χ3n) is 3.67. The summed E-state index contributed by atoms with van der Waals surface area (Å²) in [5, 5.41) is 0. The first kappa shape index (κ1) is 13.9. The van der Waals surface area contributed by atoms with Gasteiger partial charge in [-0.05, 0) is 32.2 Å². The summed E-state index contributed by atoms with van der Waals surface area (Å²) in [6, 6.07) is 0.368. The maximum absolute atomic E-state index is 6.28. The number of methoxy groups -OCH3 is 1. The second-order valence-corrected chi connectivity index (χ2v) is 5.17. The molecular formula is C13H28N2O. The molecule has 0 aromatic rings. The molecule has 0 aromatic heterocycles. The van der Waals surface area contributed by atoms with E-state index in [1.165, 1.54) is 32.1 Å². The Morgan fingerprint density at radius 1 is 1.31 bits per heavy atom. The third-order valence-corrected chi connectivity index (χ3v) is 3.67. The molecule has 0 aromatic carbocycles. The Morgan fingerprint density at radius 2 is 2.00 bits per heavy atom. The van der Waals surface area contributed by atoms with Gasteiger partial charge in [-0.15, -0.1) is 0 Å². The van der Waals surface area contributed by atoms with Crippen LogP contribution >= 0.6 is 0 Å². The van der Waals surface area contributed by atoms with Gasteiger partial charge in [-0.3, -0.25) is 0 Å². The highest BCUT2D eigenvalue weighted by Crippen LogP contribution is 2.25. The van der Waals surface area contributed by atoms with Crippen LogP contribution in [-0.2, 0) is 4.74 Å². The smallest absolute Gasteiger partial charge is 0.0474 e. The molecule has 1 saturated carbocycles. The average Bonchev–Trinajstić information content (AvgIpc) is 2.30. The first-order valence-corrected chi connectivity index (χ1v) is 6.67. The Labute approximate surface area is 100 Å². The molecule has 0 bridgehead atoms. The summed E-state index contributed by atoms with van der Waals surface area (Å²) in [4.78, 5) is 2.35. The van der Waals surface area contributed by atoms with E-state index in [-0.39, 0.29) is 0 Å². The van der Waals surface area contributed by atoms with Crippen LogP contribution in [0.2, 0.25) is 0 Å². The van der Waals surface area contributed by atoms with Crippen molar-refractivity contribution in [1.82, 2.24) is 4.90 Å². The molecule has 2 N–H and O–H groups in total. The van der Waals surface area contributed by atoms with Crippen LogP contribution in [0, 0.1) is 5.92 Å². The van der Waals surface area contributed by atoms with Gasteiger partial charge in [0, 0.05) is 32.8 Å². The van der Waals surface area contributed by atoms with Crippen molar-refractivity contribution in [3.63, 3.8) is 0 Å². The van der Waals surface area contributed by atoms with Crippen molar-refractivity contribution in [3.8, 4) is 0 Å². The van der Waals surface area contributed by atoms with Gasteiger partial charge in [-0.2, -0.15) is 0 Å². The topological polar surface area (TPSA) is 38.5 Å². The summed E-state index contributed by atoms with van der Waals surface area (Å²) < 4.78 is 5.06. The Morgan fingerprint density at radius 3 is 2.62 bits per heavy atom. The number of hydrogen-bond acceptors (Lipinski definition) is 3. The summed E-state index contributed by atoms with van der Waals surface area (Å²) in [6.07, 6.45) is 7.95. The highest BCUT2D eigenvalue weighted by atomic mass is 16.5. The molecule has 0 heterocycles. The second-order valence-electron chi connectivity index (χ2n) is 5.17. The van der Waals surface area contributed by atoms with E-state index in [1.54, 1.807) is 7.11 Å². The van der Waals surface area contributed by atoms with Gasteiger partial charge in [0.05, 0.1) is 0 Å². The molecule has 16 heavy (non-hydrogen) atoms. The highest BCUT2D eigenvalue weighted by Gasteiger charge is 2.21. The zero-order valence-corrected chi connectivity index (χ0v) is 11.0. The molecule has 1 aliphatic rings. The normalized spacial score (nSPS) is 20.2. The van der Waals surface area contributed by atoms with E-state index in [4.69, 9.17) is 10.5 Å². The van der Waals surface area contributed by atoms with Gasteiger partial charge in [-0.25, -0.2) is 0 Å². The first-order valence-electron chi connectivity index (χ1n) is 6.67. The zero-order valence-electron chi connectivity index (χ0n) is 11.0. The van der Waals surface area contributed by atoms with Crippen LogP contribution in [0.15, 0.2) is 0 Å². The molecule has 1 fully saturated rings. The van der Waals surface area contributed by atoms with Crippen LogP contribution in [0.3, 0.4) is 0 Å². The van der Waals surface area contributed by atoms with E-state index < -0.39 is 0 Å². The third kappa shape index (κ3) is 5.28. The number of ether oxygens (including phenoxy) is 1. The minimum atomic E-state index is 0.368. The number of nitrogens with two attached hydrogens (primary N) is 1. The molecule has 1 atom stereocenters. The van der Waals surface area contributed by atoms with Gasteiger partial charge in [-0.1, -0.05) is 19.3 Å². The average molecular weight is 228 g/mol. The predicted octanol–water partition coefficient (Wildman–Crippen LogP) is 1.86. The number of likely N-dealkylation sites (N-methyl/N-ethyl adjacent to an activating group) is 1. The van der Waals surface area contributed by atoms with E-state index in [0.29, 0.717) is 6.04 Å². The second kappa shape index (κ2) is 8.04. The van der Waals surface area contributed by atoms with Crippen LogP contribution in [0.4, 0.5) is 0 Å². The molecule has 1 unspecified atom stereocenters. The van der Waals surface area contributed by atoms with Gasteiger partial charge in [0.2, 0.25) is 0 Å². The summed E-state index contributed by atoms with van der Waals surface area (Å²) in [6.45, 7) is 2.98. The maximum Gasteiger partial charge on any atom is 0.0474 e. The number of rotatable bonds is 7. The molecule has 0 aliphatic heterocycles. The number of hydrogen-bond donors (Lipinski definition) is 1. The van der Waals surface area contributed by atoms with Crippen molar-refractivity contribution in [3.05, 3.63) is 0 Å². The SMILES string of the molecule is COCCCN(C)CC(N)C1CCCCC1. The lowest BCUT2D eigenvalue weighted by atomic mass is 9.84. The van der Waals surface area contributed by atoms with Crippen LogP contribution in [0.1, 0.15) is 38.5 Å². The van der Waals surface area contributed by atoms with E-state index >= 15 is 0 Å². The quantitative estimate of drug-likeness (QED) is 0.676. The van der Waals surface area contributed by atoms with Crippen molar-refractivity contribution in [2.45, 2.75) is 44.6 Å². The molecule has 1 aliphatic carbocycles. The molecule has 3 heteroatoms. The van der Waals surface area contributed by atoms with Crippen molar-refractivity contribution in [1.29, 1.82) is 0 Å². The minimum absolute atomic E-state index is 0.368. The van der Waals surface area contributed by atoms with Gasteiger partial charge in [0.1, 0.15) is 0 Å². The largest absolute Gasteiger partial charge is 0.385 e. The summed E-state index contributed by atoms with van der Waals surface area (Å²) in [5.74, 6) is 0.763. The van der Waals surface area contributed by atoms with Crippen LogP contribution in [0.25, 0.3) is 0 Å². The lowest BCUT2D eigenvalue weighted by Crippen LogP contribution is -2.41. The fraction of sp³-hybridized carbons (Fsp3) is 1.00. The molecule has 0 radical (unpaired) electrons. The number of nitrogens with zero attached hydrogens (tertiary/aromatic N) is 1. The monoisotopic (exact) mass is 228 g/mol. The van der Waals surface area contributed by atoms with E-state index in [2.05, 4.69) is 11.9 Å². The van der Waals surface area contributed by atoms with Crippen molar-refractivity contribution in [2.75, 3.05) is 33.9 Å². The van der Waals surface area contributed by atoms with E-state index in [9.17, 15) is 0 Å². The molecular weight excluding hydrogens is 200 g/mol. The fourth-order valence-electron chi connectivity index (χ4n) is 2.64.